The highest BCUT2D eigenvalue weighted by molar-refractivity contribution is 6.10. The number of benzene rings is 7. The van der Waals surface area contributed by atoms with Gasteiger partial charge in [-0.15, -0.1) is 0 Å². The first-order valence-corrected chi connectivity index (χ1v) is 29.6. The molecule has 7 aromatic rings. The van der Waals surface area contributed by atoms with Crippen LogP contribution in [0.15, 0.2) is 170 Å². The van der Waals surface area contributed by atoms with Gasteiger partial charge in [-0.25, -0.2) is 24.0 Å². The predicted octanol–water partition coefficient (Wildman–Crippen LogP) is 5.85. The molecule has 27 heteroatoms. The molecule has 1 atom stereocenters. The Morgan fingerprint density at radius 2 is 1.12 bits per heavy atom. The van der Waals surface area contributed by atoms with Crippen molar-refractivity contribution >= 4 is 64.8 Å². The molecule has 0 aliphatic rings. The molecule has 0 aromatic heterocycles. The van der Waals surface area contributed by atoms with E-state index in [1.807, 2.05) is 74.5 Å². The van der Waals surface area contributed by atoms with Crippen molar-refractivity contribution in [1.82, 2.24) is 0 Å². The fourth-order valence-electron chi connectivity index (χ4n) is 7.46. The number of aromatic carboxylic acids is 3. The van der Waals surface area contributed by atoms with Crippen LogP contribution in [-0.2, 0) is 43.1 Å². The van der Waals surface area contributed by atoms with Crippen molar-refractivity contribution in [1.29, 1.82) is 0 Å². The Balaban J connectivity index is 0.00000112. The summed E-state index contributed by atoms with van der Waals surface area (Å²) in [7, 11) is 2.95. The molecule has 0 spiro atoms. The summed E-state index contributed by atoms with van der Waals surface area (Å²) < 4.78 is 19.7. The van der Waals surface area contributed by atoms with Crippen molar-refractivity contribution in [2.24, 2.45) is 11.5 Å². The molecule has 0 aliphatic carbocycles. The van der Waals surface area contributed by atoms with E-state index in [-0.39, 0.29) is 90.3 Å². The maximum Gasteiger partial charge on any atom is 0.371 e. The summed E-state index contributed by atoms with van der Waals surface area (Å²) in [6.45, 7) is 5.65. The van der Waals surface area contributed by atoms with Gasteiger partial charge in [0.25, 0.3) is 0 Å². The Hall–Kier alpha value is -10.7. The van der Waals surface area contributed by atoms with E-state index in [0.29, 0.717) is 66.5 Å². The third kappa shape index (κ3) is 37.1. The van der Waals surface area contributed by atoms with E-state index in [9.17, 15) is 39.0 Å². The van der Waals surface area contributed by atoms with E-state index in [0.717, 1.165) is 28.5 Å². The number of aromatic hydroxyl groups is 2. The summed E-state index contributed by atoms with van der Waals surface area (Å²) >= 11 is 0. The zero-order valence-electron chi connectivity index (χ0n) is 54.2. The Morgan fingerprint density at radius 1 is 0.577 bits per heavy atom. The van der Waals surface area contributed by atoms with Gasteiger partial charge >= 0.3 is 29.8 Å². The first kappa shape index (κ1) is 86.3. The lowest BCUT2D eigenvalue weighted by Gasteiger charge is -2.14. The Kier molecular flexibility index (Phi) is 45.1. The number of aliphatic hydroxyl groups is 6. The van der Waals surface area contributed by atoms with Gasteiger partial charge in [-0.3, -0.25) is 4.79 Å². The number of rotatable bonds is 24. The largest absolute Gasteiger partial charge is 0.508 e. The number of aliphatic hydroxyl groups excluding tert-OH is 5. The maximum atomic E-state index is 11.9. The molecule has 0 aliphatic heterocycles. The average Bonchev–Trinajstić information content (AvgIpc) is 0.852. The van der Waals surface area contributed by atoms with Crippen molar-refractivity contribution in [2.45, 2.75) is 51.9 Å². The smallest absolute Gasteiger partial charge is 0.371 e. The molecule has 22 N–H and O–H groups in total. The van der Waals surface area contributed by atoms with Crippen LogP contribution < -0.4 is 33.4 Å². The fraction of sp³-hybridized carbons (Fsp3) is 0.257. The lowest BCUT2D eigenvalue weighted by Crippen LogP contribution is -2.17. The van der Waals surface area contributed by atoms with Crippen molar-refractivity contribution in [3.8, 4) is 17.2 Å². The van der Waals surface area contributed by atoms with Crippen LogP contribution >= 0.6 is 0 Å². The van der Waals surface area contributed by atoms with Crippen LogP contribution in [0.3, 0.4) is 0 Å². The number of esters is 1. The molecule has 0 heterocycles. The normalized spacial score (nSPS) is 10.5. The number of anilines is 3. The molecule has 27 nitrogen and oxygen atoms in total. The topological polar surface area (TPSA) is 512 Å². The van der Waals surface area contributed by atoms with Crippen LogP contribution in [0, 0.1) is 0 Å². The monoisotopic (exact) mass is 1350 g/mol. The minimum atomic E-state index is -1.44. The van der Waals surface area contributed by atoms with E-state index < -0.39 is 42.9 Å². The number of ether oxygens (including phenoxy) is 4. The molecule has 526 valence electrons. The van der Waals surface area contributed by atoms with Crippen molar-refractivity contribution in [3.63, 3.8) is 0 Å². The minimum absolute atomic E-state index is 0.0637. The van der Waals surface area contributed by atoms with E-state index >= 15 is 0 Å². The fourth-order valence-corrected chi connectivity index (χ4v) is 7.46. The third-order valence-electron chi connectivity index (χ3n) is 12.1. The second-order valence-corrected chi connectivity index (χ2v) is 19.3. The van der Waals surface area contributed by atoms with E-state index in [2.05, 4.69) is 4.74 Å². The highest BCUT2D eigenvalue weighted by Gasteiger charge is 2.18. The van der Waals surface area contributed by atoms with E-state index in [1.54, 1.807) is 55.7 Å². The van der Waals surface area contributed by atoms with E-state index in [1.165, 1.54) is 67.8 Å². The first-order chi connectivity index (χ1) is 46.2. The number of methoxy groups -OCH3 is 2. The van der Waals surface area contributed by atoms with Crippen LogP contribution in [0.1, 0.15) is 95.1 Å². The van der Waals surface area contributed by atoms with Gasteiger partial charge in [0.05, 0.1) is 69.0 Å². The van der Waals surface area contributed by atoms with Gasteiger partial charge in [-0.1, -0.05) is 79.7 Å². The summed E-state index contributed by atoms with van der Waals surface area (Å²) in [5, 5.41) is 105. The number of nitrogen functional groups attached to an aromatic ring is 3. The molecule has 7 rings (SSSR count). The molecule has 0 amide bonds. The standard InChI is InChI=1S/C14H18O4.C13H10O3.C12H17NO4.C10H13NO4.C10H10O3.C7H7NO2.2C2H7NO/c1-3-17-10-11-18-14(15)9-6-12-4-7-13(16-2)8-5-12;14-10-6-7-11(12(15)8-10)13(16)9-4-2-1-3-5-9;1-2-7-8(4-6-11(14)15)9(12(16)17)3-5-10(7)13;11-7-1-2-9(10(14)15)6(3-7)4-8(13)5-12;1-13-9(10(11)12)7-8-5-3-2-4-6-8;8-6-3-1-5(2-4-6)7(9)10;2*3-1-2-4/h4-9H,3,10-11H2,1-2H3;1-8,14-15H;3,5,11,14-15H,2,4,6,13H2,1H3,(H,16,17);1-3,8,12-13H,4-5,11H2,(H,14,15);2-7H,1H3,(H,11,12);1-4H,8H2,(H,9,10);2*4H,1-3H2. The first-order valence-electron chi connectivity index (χ1n) is 29.6. The number of carbonyl (C=O) groups excluding carboxylic acids is 2. The summed E-state index contributed by atoms with van der Waals surface area (Å²) in [5.74, 6) is -4.29. The molecule has 0 saturated carbocycles. The number of hydrogen-bond acceptors (Lipinski definition) is 23. The number of hydrogen-bond donors (Lipinski definition) is 17. The summed E-state index contributed by atoms with van der Waals surface area (Å²) in [5.41, 5.74) is 32.5. The number of ketones is 1. The highest BCUT2D eigenvalue weighted by Crippen LogP contribution is 2.26. The zero-order chi connectivity index (χ0) is 73.3. The zero-order valence-corrected chi connectivity index (χ0v) is 54.2. The quantitative estimate of drug-likeness (QED) is 0.00641. The summed E-state index contributed by atoms with van der Waals surface area (Å²) in [4.78, 5) is 66.0. The number of nitrogens with two attached hydrogens (primary N) is 5. The SMILES string of the molecule is CCOCCOC(=O)C=Cc1ccc(OC)cc1.CCc1c(N)ccc(C(=O)O)c1CCC(O)O.COC(=Cc1ccccc1)C(=O)O.NCCO.NCCO.Nc1ccc(C(=O)O)c(CC(O)CO)c1.Nc1ccc(C(=O)O)cc1.O=C(c1ccccc1)c1ccc(O)cc1O. The van der Waals surface area contributed by atoms with Gasteiger partial charge in [0.1, 0.15) is 23.9 Å². The van der Waals surface area contributed by atoms with Gasteiger partial charge in [-0.2, -0.15) is 0 Å². The summed E-state index contributed by atoms with van der Waals surface area (Å²) in [6, 6.07) is 42.6. The second kappa shape index (κ2) is 50.7. The van der Waals surface area contributed by atoms with Gasteiger partial charge in [0.15, 0.2) is 12.1 Å². The van der Waals surface area contributed by atoms with Crippen LogP contribution in [0.25, 0.3) is 12.2 Å². The Morgan fingerprint density at radius 3 is 1.60 bits per heavy atom. The van der Waals surface area contributed by atoms with Crippen LogP contribution in [0.4, 0.5) is 17.1 Å². The molecule has 0 saturated heterocycles. The average molecular weight is 1350 g/mol. The van der Waals surface area contributed by atoms with Crippen LogP contribution in [0.2, 0.25) is 0 Å². The van der Waals surface area contributed by atoms with Gasteiger partial charge in [0.2, 0.25) is 5.76 Å². The molecular weight excluding hydrogens is 1260 g/mol. The van der Waals surface area contributed by atoms with Crippen molar-refractivity contribution < 1.29 is 109 Å². The number of phenols is 2. The van der Waals surface area contributed by atoms with E-state index in [4.69, 9.17) is 93.9 Å². The van der Waals surface area contributed by atoms with Crippen molar-refractivity contribution in [2.75, 3.05) is 84.2 Å². The van der Waals surface area contributed by atoms with Crippen LogP contribution in [0.5, 0.6) is 17.2 Å². The minimum Gasteiger partial charge on any atom is -0.508 e. The second-order valence-electron chi connectivity index (χ2n) is 19.3. The van der Waals surface area contributed by atoms with Gasteiger partial charge in [0, 0.05) is 67.3 Å². The third-order valence-corrected chi connectivity index (χ3v) is 12.1. The Labute approximate surface area is 561 Å². The summed E-state index contributed by atoms with van der Waals surface area (Å²) in [6.07, 6.45) is 3.23. The lowest BCUT2D eigenvalue weighted by molar-refractivity contribution is -0.139. The van der Waals surface area contributed by atoms with Crippen LogP contribution in [-0.4, -0.2) is 176 Å². The van der Waals surface area contributed by atoms with Gasteiger partial charge in [-0.05, 0) is 139 Å². The van der Waals surface area contributed by atoms with Crippen molar-refractivity contribution in [3.05, 3.63) is 225 Å². The van der Waals surface area contributed by atoms with Gasteiger partial charge < -0.3 is 109 Å². The molecule has 1 unspecified atom stereocenters. The molecule has 0 fully saturated rings. The number of carbonyl (C=O) groups is 6. The number of carboxylic acid groups (broad SMARTS) is 4. The highest BCUT2D eigenvalue weighted by atomic mass is 16.6. The maximum absolute atomic E-state index is 11.9. The number of carboxylic acids is 4. The predicted molar refractivity (Wildman–Crippen MR) is 367 cm³/mol. The lowest BCUT2D eigenvalue weighted by atomic mass is 9.94. The molecule has 97 heavy (non-hydrogen) atoms. The molecule has 7 aromatic carbocycles. The molecule has 0 radical (unpaired) electrons. The molecular formula is C70H89N5O22. The number of aliphatic carboxylic acids is 1. The molecule has 0 bridgehead atoms. The number of phenolic OH excluding ortho intramolecular Hbond substituents is 2. The Bertz CT molecular complexity index is 3470.